The molecule has 2 N–H and O–H groups in total. The molecule has 0 radical (unpaired) electrons. The third-order valence-electron chi connectivity index (χ3n) is 1.92. The van der Waals surface area contributed by atoms with Gasteiger partial charge in [-0.05, 0) is 24.3 Å². The van der Waals surface area contributed by atoms with Gasteiger partial charge >= 0.3 is 0 Å². The van der Waals surface area contributed by atoms with E-state index in [0.29, 0.717) is 15.7 Å². The average molecular weight is 263 g/mol. The molecule has 0 aromatic carbocycles. The second kappa shape index (κ2) is 5.04. The Morgan fingerprint density at radius 1 is 1.24 bits per heavy atom. The first-order chi connectivity index (χ1) is 8.19. The largest absolute Gasteiger partial charge is 0.396 e. The SMILES string of the molecule is N#Cc1nc(Sc2ccc(Cl)cn2)ccc1N. The van der Waals surface area contributed by atoms with Gasteiger partial charge in [0.25, 0.3) is 0 Å². The van der Waals surface area contributed by atoms with Crippen LogP contribution in [-0.2, 0) is 0 Å². The Hall–Kier alpha value is -1.77. The van der Waals surface area contributed by atoms with Crippen molar-refractivity contribution in [2.24, 2.45) is 0 Å². The average Bonchev–Trinajstić information content (AvgIpc) is 2.34. The first-order valence-electron chi connectivity index (χ1n) is 4.65. The van der Waals surface area contributed by atoms with Gasteiger partial charge < -0.3 is 5.73 Å². The Balaban J connectivity index is 2.25. The van der Waals surface area contributed by atoms with Crippen LogP contribution in [-0.4, -0.2) is 9.97 Å². The lowest BCUT2D eigenvalue weighted by Crippen LogP contribution is -1.94. The molecule has 4 nitrogen and oxygen atoms in total. The summed E-state index contributed by atoms with van der Waals surface area (Å²) in [6.45, 7) is 0. The topological polar surface area (TPSA) is 75.6 Å². The van der Waals surface area contributed by atoms with Gasteiger partial charge in [0.05, 0.1) is 10.7 Å². The quantitative estimate of drug-likeness (QED) is 0.901. The summed E-state index contributed by atoms with van der Waals surface area (Å²) in [6, 6.07) is 8.88. The number of nitriles is 1. The first-order valence-corrected chi connectivity index (χ1v) is 5.84. The molecule has 0 aliphatic rings. The molecule has 2 aromatic rings. The van der Waals surface area contributed by atoms with Crippen molar-refractivity contribution in [1.29, 1.82) is 5.26 Å². The van der Waals surface area contributed by atoms with Gasteiger partial charge in [-0.1, -0.05) is 23.4 Å². The lowest BCUT2D eigenvalue weighted by atomic mass is 10.3. The number of nitrogens with two attached hydrogens (primary N) is 1. The van der Waals surface area contributed by atoms with E-state index in [1.807, 2.05) is 6.07 Å². The smallest absolute Gasteiger partial charge is 0.164 e. The van der Waals surface area contributed by atoms with Gasteiger partial charge in [-0.3, -0.25) is 0 Å². The molecular formula is C11H7ClN4S. The number of nitrogens with zero attached hydrogens (tertiary/aromatic N) is 3. The van der Waals surface area contributed by atoms with E-state index < -0.39 is 0 Å². The van der Waals surface area contributed by atoms with Crippen molar-refractivity contribution < 1.29 is 0 Å². The molecule has 0 aliphatic carbocycles. The van der Waals surface area contributed by atoms with E-state index in [1.54, 1.807) is 30.5 Å². The predicted molar refractivity (Wildman–Crippen MR) is 66.7 cm³/mol. The van der Waals surface area contributed by atoms with Crippen LogP contribution in [0.5, 0.6) is 0 Å². The number of nitrogen functional groups attached to an aromatic ring is 1. The highest BCUT2D eigenvalue weighted by Crippen LogP contribution is 2.26. The molecule has 0 saturated carbocycles. The van der Waals surface area contributed by atoms with Gasteiger partial charge in [0.1, 0.15) is 16.1 Å². The van der Waals surface area contributed by atoms with Crippen LogP contribution in [0.2, 0.25) is 5.02 Å². The summed E-state index contributed by atoms with van der Waals surface area (Å²) in [5.74, 6) is 0. The molecule has 0 atom stereocenters. The van der Waals surface area contributed by atoms with Crippen molar-refractivity contribution in [2.75, 3.05) is 5.73 Å². The first kappa shape index (κ1) is 11.7. The van der Waals surface area contributed by atoms with Crippen molar-refractivity contribution in [3.8, 4) is 6.07 Å². The maximum absolute atomic E-state index is 8.81. The molecule has 0 bridgehead atoms. The maximum atomic E-state index is 8.81. The van der Waals surface area contributed by atoms with E-state index in [9.17, 15) is 0 Å². The van der Waals surface area contributed by atoms with Crippen LogP contribution in [0.15, 0.2) is 40.5 Å². The normalized spacial score (nSPS) is 9.88. The highest BCUT2D eigenvalue weighted by Gasteiger charge is 2.04. The zero-order chi connectivity index (χ0) is 12.3. The highest BCUT2D eigenvalue weighted by atomic mass is 35.5. The molecule has 2 heterocycles. The maximum Gasteiger partial charge on any atom is 0.164 e. The molecule has 17 heavy (non-hydrogen) atoms. The third kappa shape index (κ3) is 2.87. The Morgan fingerprint density at radius 2 is 2.00 bits per heavy atom. The van der Waals surface area contributed by atoms with E-state index in [1.165, 1.54) is 11.8 Å². The van der Waals surface area contributed by atoms with Crippen LogP contribution in [0.4, 0.5) is 5.69 Å². The fraction of sp³-hybridized carbons (Fsp3) is 0. The van der Waals surface area contributed by atoms with Crippen molar-refractivity contribution >= 4 is 29.1 Å². The summed E-state index contributed by atoms with van der Waals surface area (Å²) in [4.78, 5) is 8.24. The second-order valence-electron chi connectivity index (χ2n) is 3.12. The monoisotopic (exact) mass is 262 g/mol. The number of hydrogen-bond acceptors (Lipinski definition) is 5. The Labute approximate surface area is 107 Å². The van der Waals surface area contributed by atoms with Crippen molar-refractivity contribution in [3.05, 3.63) is 41.2 Å². The fourth-order valence-electron chi connectivity index (χ4n) is 1.13. The Kier molecular flexibility index (Phi) is 3.47. The standard InChI is InChI=1S/C11H7ClN4S/c12-7-1-3-10(15-6-7)17-11-4-2-8(14)9(5-13)16-11/h1-4,6H,14H2. The van der Waals surface area contributed by atoms with Gasteiger partial charge in [-0.2, -0.15) is 5.26 Å². The summed E-state index contributed by atoms with van der Waals surface area (Å²) in [5, 5.41) is 10.8. The van der Waals surface area contributed by atoms with E-state index >= 15 is 0 Å². The predicted octanol–water partition coefficient (Wildman–Crippen LogP) is 2.74. The third-order valence-corrected chi connectivity index (χ3v) is 3.03. The zero-order valence-electron chi connectivity index (χ0n) is 8.59. The highest BCUT2D eigenvalue weighted by molar-refractivity contribution is 7.99. The van der Waals surface area contributed by atoms with Crippen LogP contribution >= 0.6 is 23.4 Å². The number of aromatic nitrogens is 2. The summed E-state index contributed by atoms with van der Waals surface area (Å²) in [7, 11) is 0. The summed E-state index contributed by atoms with van der Waals surface area (Å²) in [6.07, 6.45) is 1.56. The molecule has 84 valence electrons. The molecular weight excluding hydrogens is 256 g/mol. The van der Waals surface area contributed by atoms with Crippen LogP contribution in [0, 0.1) is 11.3 Å². The van der Waals surface area contributed by atoms with E-state index in [2.05, 4.69) is 9.97 Å². The summed E-state index contributed by atoms with van der Waals surface area (Å²) < 4.78 is 0. The van der Waals surface area contributed by atoms with E-state index in [4.69, 9.17) is 22.6 Å². The lowest BCUT2D eigenvalue weighted by molar-refractivity contribution is 1.08. The number of halogens is 1. The van der Waals surface area contributed by atoms with Gasteiger partial charge in [0, 0.05) is 6.20 Å². The van der Waals surface area contributed by atoms with Crippen LogP contribution < -0.4 is 5.73 Å². The van der Waals surface area contributed by atoms with Gasteiger partial charge in [0.2, 0.25) is 0 Å². The Bertz CT molecular complexity index is 577. The van der Waals surface area contributed by atoms with Crippen LogP contribution in [0.1, 0.15) is 5.69 Å². The second-order valence-corrected chi connectivity index (χ2v) is 4.59. The molecule has 0 unspecified atom stereocenters. The van der Waals surface area contributed by atoms with E-state index in [-0.39, 0.29) is 5.69 Å². The molecule has 0 amide bonds. The lowest BCUT2D eigenvalue weighted by Gasteiger charge is -2.02. The molecule has 0 aliphatic heterocycles. The van der Waals surface area contributed by atoms with Crippen LogP contribution in [0.3, 0.4) is 0 Å². The van der Waals surface area contributed by atoms with Crippen molar-refractivity contribution in [3.63, 3.8) is 0 Å². The number of pyridine rings is 2. The minimum Gasteiger partial charge on any atom is -0.396 e. The zero-order valence-corrected chi connectivity index (χ0v) is 10.2. The molecule has 0 spiro atoms. The van der Waals surface area contributed by atoms with Crippen LogP contribution in [0.25, 0.3) is 0 Å². The minimum atomic E-state index is 0.226. The number of anilines is 1. The molecule has 0 saturated heterocycles. The molecule has 2 aromatic heterocycles. The number of hydrogen-bond donors (Lipinski definition) is 1. The van der Waals surface area contributed by atoms with Crippen molar-refractivity contribution in [2.45, 2.75) is 10.1 Å². The molecule has 0 fully saturated rings. The summed E-state index contributed by atoms with van der Waals surface area (Å²) in [5.41, 5.74) is 6.19. The number of rotatable bonds is 2. The van der Waals surface area contributed by atoms with Gasteiger partial charge in [0.15, 0.2) is 5.69 Å². The van der Waals surface area contributed by atoms with E-state index in [0.717, 1.165) is 5.03 Å². The minimum absolute atomic E-state index is 0.226. The van der Waals surface area contributed by atoms with Gasteiger partial charge in [-0.15, -0.1) is 0 Å². The fourth-order valence-corrected chi connectivity index (χ4v) is 1.97. The van der Waals surface area contributed by atoms with Crippen molar-refractivity contribution in [1.82, 2.24) is 9.97 Å². The van der Waals surface area contributed by atoms with Gasteiger partial charge in [-0.25, -0.2) is 9.97 Å². The summed E-state index contributed by atoms with van der Waals surface area (Å²) >= 11 is 7.08. The Morgan fingerprint density at radius 3 is 2.65 bits per heavy atom. The molecule has 2 rings (SSSR count). The molecule has 6 heteroatoms.